The summed E-state index contributed by atoms with van der Waals surface area (Å²) in [5.41, 5.74) is 5.50. The van der Waals surface area contributed by atoms with Crippen LogP contribution in [0.1, 0.15) is 31.2 Å². The van der Waals surface area contributed by atoms with E-state index in [4.69, 9.17) is 14.6 Å². The lowest BCUT2D eigenvalue weighted by molar-refractivity contribution is 0.0681. The number of anilines is 2. The van der Waals surface area contributed by atoms with Crippen LogP contribution in [0.3, 0.4) is 0 Å². The van der Waals surface area contributed by atoms with Gasteiger partial charge in [-0.3, -0.25) is 0 Å². The first-order valence-corrected chi connectivity index (χ1v) is 12.1. The summed E-state index contributed by atoms with van der Waals surface area (Å²) in [6.45, 7) is 5.97. The van der Waals surface area contributed by atoms with Crippen LogP contribution < -0.4 is 14.5 Å². The van der Waals surface area contributed by atoms with E-state index in [0.29, 0.717) is 11.8 Å². The molecule has 1 saturated carbocycles. The Morgan fingerprint density at radius 1 is 1.09 bits per heavy atom. The fourth-order valence-electron chi connectivity index (χ4n) is 4.84. The van der Waals surface area contributed by atoms with Crippen molar-refractivity contribution in [3.63, 3.8) is 0 Å². The highest BCUT2D eigenvalue weighted by Gasteiger charge is 2.30. The maximum Gasteiger partial charge on any atom is 0.257 e. The molecule has 0 atom stereocenters. The van der Waals surface area contributed by atoms with E-state index in [0.717, 1.165) is 73.3 Å². The number of aromatic nitrogens is 3. The highest BCUT2D eigenvalue weighted by molar-refractivity contribution is 5.81. The third-order valence-corrected chi connectivity index (χ3v) is 6.94. The van der Waals surface area contributed by atoms with Gasteiger partial charge in [0, 0.05) is 52.2 Å². The van der Waals surface area contributed by atoms with Crippen LogP contribution in [0.25, 0.3) is 16.8 Å². The highest BCUT2D eigenvalue weighted by Crippen LogP contribution is 2.40. The average Bonchev–Trinajstić information content (AvgIpc) is 3.55. The summed E-state index contributed by atoms with van der Waals surface area (Å²) < 4.78 is 13.5. The quantitative estimate of drug-likeness (QED) is 0.507. The van der Waals surface area contributed by atoms with Crippen LogP contribution in [-0.4, -0.2) is 62.1 Å². The molecule has 1 saturated heterocycles. The summed E-state index contributed by atoms with van der Waals surface area (Å²) in [5.74, 6) is 3.07. The van der Waals surface area contributed by atoms with Crippen LogP contribution in [0.4, 0.5) is 11.5 Å². The van der Waals surface area contributed by atoms with Gasteiger partial charge < -0.3 is 19.3 Å². The number of pyridine rings is 2. The van der Waals surface area contributed by atoms with Crippen molar-refractivity contribution in [2.75, 3.05) is 57.3 Å². The lowest BCUT2D eigenvalue weighted by Gasteiger charge is -2.31. The Kier molecular flexibility index (Phi) is 6.15. The Balaban J connectivity index is 1.57. The van der Waals surface area contributed by atoms with E-state index in [1.54, 1.807) is 7.11 Å². The number of ether oxygens (including phenoxy) is 2. The third kappa shape index (κ3) is 4.51. The van der Waals surface area contributed by atoms with Gasteiger partial charge in [-0.2, -0.15) is 0 Å². The number of methoxy groups -OCH3 is 1. The largest absolute Gasteiger partial charge is 0.478 e. The summed E-state index contributed by atoms with van der Waals surface area (Å²) in [4.78, 5) is 9.23. The minimum atomic E-state index is 0.644. The van der Waals surface area contributed by atoms with Crippen molar-refractivity contribution in [3.05, 3.63) is 36.0 Å². The Morgan fingerprint density at radius 3 is 2.45 bits per heavy atom. The molecule has 4 heterocycles. The SMILES string of the molecule is COc1nn2c(-c3cnc(N(C)C)cc3C)cccc2c1N(CC1CCOCC1)CC1CC1. The van der Waals surface area contributed by atoms with E-state index in [9.17, 15) is 0 Å². The predicted octanol–water partition coefficient (Wildman–Crippen LogP) is 4.42. The molecular formula is C26H35N5O2. The summed E-state index contributed by atoms with van der Waals surface area (Å²) in [6, 6.07) is 8.53. The maximum atomic E-state index is 5.85. The fraction of sp³-hybridized carbons (Fsp3) is 0.538. The van der Waals surface area contributed by atoms with Crippen molar-refractivity contribution in [1.82, 2.24) is 14.6 Å². The number of nitrogens with zero attached hydrogens (tertiary/aromatic N) is 5. The van der Waals surface area contributed by atoms with E-state index in [1.165, 1.54) is 18.4 Å². The first-order valence-electron chi connectivity index (χ1n) is 12.1. The predicted molar refractivity (Wildman–Crippen MR) is 133 cm³/mol. The molecule has 0 amide bonds. The van der Waals surface area contributed by atoms with Gasteiger partial charge in [-0.25, -0.2) is 9.50 Å². The second kappa shape index (κ2) is 9.21. The van der Waals surface area contributed by atoms with E-state index >= 15 is 0 Å². The molecule has 0 spiro atoms. The highest BCUT2D eigenvalue weighted by atomic mass is 16.5. The summed E-state index contributed by atoms with van der Waals surface area (Å²) in [5, 5.41) is 4.94. The standard InChI is InChI=1S/C26H35N5O2/c1-18-14-24(29(2)3)27-15-21(18)22-6-5-7-23-25(26(32-4)28-31(22)23)30(16-19-8-9-19)17-20-10-12-33-13-11-20/h5-7,14-15,19-20H,8-13,16-17H2,1-4H3. The van der Waals surface area contributed by atoms with E-state index < -0.39 is 0 Å². The molecule has 5 rings (SSSR count). The van der Waals surface area contributed by atoms with E-state index in [2.05, 4.69) is 41.1 Å². The first-order chi connectivity index (χ1) is 16.0. The first kappa shape index (κ1) is 22.0. The third-order valence-electron chi connectivity index (χ3n) is 6.94. The zero-order chi connectivity index (χ0) is 22.9. The van der Waals surface area contributed by atoms with Crippen molar-refractivity contribution >= 4 is 17.0 Å². The number of fused-ring (bicyclic) bond motifs is 1. The second-order valence-corrected chi connectivity index (χ2v) is 9.72. The summed E-state index contributed by atoms with van der Waals surface area (Å²) >= 11 is 0. The number of hydrogen-bond acceptors (Lipinski definition) is 6. The zero-order valence-electron chi connectivity index (χ0n) is 20.3. The Morgan fingerprint density at radius 2 is 1.82 bits per heavy atom. The van der Waals surface area contributed by atoms with E-state index in [1.807, 2.05) is 29.7 Å². The Bertz CT molecular complexity index is 1120. The van der Waals surface area contributed by atoms with Gasteiger partial charge in [0.05, 0.1) is 18.3 Å². The molecule has 3 aromatic heterocycles. The molecule has 0 radical (unpaired) electrons. The fourth-order valence-corrected chi connectivity index (χ4v) is 4.84. The topological polar surface area (TPSA) is 55.1 Å². The van der Waals surface area contributed by atoms with Gasteiger partial charge in [0.1, 0.15) is 11.5 Å². The van der Waals surface area contributed by atoms with Crippen LogP contribution in [0.2, 0.25) is 0 Å². The minimum Gasteiger partial charge on any atom is -0.478 e. The Hall–Kier alpha value is -2.80. The van der Waals surface area contributed by atoms with Crippen molar-refractivity contribution in [2.24, 2.45) is 11.8 Å². The van der Waals surface area contributed by atoms with Crippen molar-refractivity contribution in [3.8, 4) is 17.1 Å². The molecule has 2 fully saturated rings. The average molecular weight is 450 g/mol. The molecule has 2 aliphatic rings. The van der Waals surface area contributed by atoms with Gasteiger partial charge in [0.2, 0.25) is 0 Å². The van der Waals surface area contributed by atoms with Gasteiger partial charge >= 0.3 is 0 Å². The van der Waals surface area contributed by atoms with Crippen molar-refractivity contribution in [1.29, 1.82) is 0 Å². The van der Waals surface area contributed by atoms with Gasteiger partial charge in [-0.05, 0) is 68.2 Å². The van der Waals surface area contributed by atoms with Crippen molar-refractivity contribution in [2.45, 2.75) is 32.6 Å². The van der Waals surface area contributed by atoms with E-state index in [-0.39, 0.29) is 0 Å². The lowest BCUT2D eigenvalue weighted by Crippen LogP contribution is -2.34. The molecule has 7 nitrogen and oxygen atoms in total. The normalized spacial score (nSPS) is 16.8. The monoisotopic (exact) mass is 449 g/mol. The second-order valence-electron chi connectivity index (χ2n) is 9.72. The van der Waals surface area contributed by atoms with Gasteiger partial charge in [-0.1, -0.05) is 6.07 Å². The van der Waals surface area contributed by atoms with Crippen LogP contribution in [0, 0.1) is 18.8 Å². The Labute approximate surface area is 196 Å². The van der Waals surface area contributed by atoms with Crippen LogP contribution in [0.5, 0.6) is 5.88 Å². The number of hydrogen-bond donors (Lipinski definition) is 0. The van der Waals surface area contributed by atoms with Gasteiger partial charge in [-0.15, -0.1) is 5.10 Å². The summed E-state index contributed by atoms with van der Waals surface area (Å²) in [7, 11) is 5.76. The molecule has 0 bridgehead atoms. The van der Waals surface area contributed by atoms with Crippen molar-refractivity contribution < 1.29 is 9.47 Å². The van der Waals surface area contributed by atoms with Crippen LogP contribution >= 0.6 is 0 Å². The molecule has 0 aromatic carbocycles. The molecule has 0 unspecified atom stereocenters. The molecular weight excluding hydrogens is 414 g/mol. The molecule has 1 aliphatic carbocycles. The molecule has 0 N–H and O–H groups in total. The molecule has 1 aliphatic heterocycles. The van der Waals surface area contributed by atoms with Crippen LogP contribution in [-0.2, 0) is 4.74 Å². The maximum absolute atomic E-state index is 5.85. The molecule has 176 valence electrons. The summed E-state index contributed by atoms with van der Waals surface area (Å²) in [6.07, 6.45) is 6.84. The van der Waals surface area contributed by atoms with Crippen LogP contribution in [0.15, 0.2) is 30.5 Å². The lowest BCUT2D eigenvalue weighted by atomic mass is 9.99. The molecule has 33 heavy (non-hydrogen) atoms. The number of rotatable bonds is 8. The molecule has 3 aromatic rings. The van der Waals surface area contributed by atoms with Gasteiger partial charge in [0.25, 0.3) is 5.88 Å². The number of aryl methyl sites for hydroxylation is 1. The zero-order valence-corrected chi connectivity index (χ0v) is 20.3. The smallest absolute Gasteiger partial charge is 0.257 e. The minimum absolute atomic E-state index is 0.644. The van der Waals surface area contributed by atoms with Gasteiger partial charge in [0.15, 0.2) is 0 Å². The molecule has 7 heteroatoms.